The summed E-state index contributed by atoms with van der Waals surface area (Å²) in [4.78, 5) is 20.8. The van der Waals surface area contributed by atoms with Gasteiger partial charge in [0, 0.05) is 31.2 Å². The molecule has 0 atom stereocenters. The van der Waals surface area contributed by atoms with Crippen LogP contribution in [0.1, 0.15) is 33.5 Å². The Morgan fingerprint density at radius 2 is 1.90 bits per heavy atom. The molecule has 1 N–H and O–H groups in total. The molecule has 0 aliphatic carbocycles. The average Bonchev–Trinajstić information content (AvgIpc) is 3.23. The van der Waals surface area contributed by atoms with Crippen LogP contribution >= 0.6 is 11.8 Å². The average molecular weight is 406 g/mol. The van der Waals surface area contributed by atoms with E-state index in [0.717, 1.165) is 28.9 Å². The van der Waals surface area contributed by atoms with Crippen LogP contribution < -0.4 is 5.32 Å². The number of pyridine rings is 1. The van der Waals surface area contributed by atoms with Gasteiger partial charge in [0.1, 0.15) is 11.1 Å². The predicted molar refractivity (Wildman–Crippen MR) is 114 cm³/mol. The van der Waals surface area contributed by atoms with Gasteiger partial charge in [-0.3, -0.25) is 4.79 Å². The number of aromatic nitrogens is 3. The zero-order valence-electron chi connectivity index (χ0n) is 16.8. The molecule has 2 aromatic heterocycles. The van der Waals surface area contributed by atoms with E-state index in [1.807, 2.05) is 43.7 Å². The Balaban J connectivity index is 1.52. The standard InChI is InChI=1S/C22H23N5OS/c1-15-16(2)20(10-23)22(26-17(15)3)29-13-21(28)25-11-18-4-6-19(7-5-18)12-27-9-8-24-14-27/h4-9,14H,11-13H2,1-3H3,(H,25,28). The summed E-state index contributed by atoms with van der Waals surface area (Å²) in [6.45, 7) is 7.04. The number of hydrogen-bond acceptors (Lipinski definition) is 5. The summed E-state index contributed by atoms with van der Waals surface area (Å²) in [6.07, 6.45) is 5.47. The quantitative estimate of drug-likeness (QED) is 0.608. The van der Waals surface area contributed by atoms with Gasteiger partial charge in [0.25, 0.3) is 0 Å². The molecule has 0 aliphatic heterocycles. The van der Waals surface area contributed by atoms with E-state index in [9.17, 15) is 10.1 Å². The third kappa shape index (κ3) is 5.24. The Morgan fingerprint density at radius 1 is 1.17 bits per heavy atom. The van der Waals surface area contributed by atoms with Gasteiger partial charge in [-0.2, -0.15) is 5.26 Å². The van der Waals surface area contributed by atoms with Gasteiger partial charge in [-0.05, 0) is 43.0 Å². The first kappa shape index (κ1) is 20.6. The van der Waals surface area contributed by atoms with Gasteiger partial charge < -0.3 is 9.88 Å². The van der Waals surface area contributed by atoms with Crippen molar-refractivity contribution in [3.63, 3.8) is 0 Å². The monoisotopic (exact) mass is 405 g/mol. The van der Waals surface area contributed by atoms with E-state index >= 15 is 0 Å². The van der Waals surface area contributed by atoms with Crippen molar-refractivity contribution >= 4 is 17.7 Å². The molecule has 0 saturated carbocycles. The second kappa shape index (κ2) is 9.39. The number of nitrogens with one attached hydrogen (secondary N) is 1. The van der Waals surface area contributed by atoms with Crippen molar-refractivity contribution in [1.82, 2.24) is 19.9 Å². The zero-order valence-corrected chi connectivity index (χ0v) is 17.6. The fraction of sp³-hybridized carbons (Fsp3) is 0.273. The minimum Gasteiger partial charge on any atom is -0.351 e. The summed E-state index contributed by atoms with van der Waals surface area (Å²) < 4.78 is 2.01. The van der Waals surface area contributed by atoms with Crippen molar-refractivity contribution in [2.75, 3.05) is 5.75 Å². The molecule has 0 aliphatic rings. The highest BCUT2D eigenvalue weighted by atomic mass is 32.2. The number of carbonyl (C=O) groups is 1. The van der Waals surface area contributed by atoms with E-state index in [1.165, 1.54) is 17.3 Å². The largest absolute Gasteiger partial charge is 0.351 e. The maximum atomic E-state index is 12.3. The van der Waals surface area contributed by atoms with Crippen LogP contribution in [0.4, 0.5) is 0 Å². The predicted octanol–water partition coefficient (Wildman–Crippen LogP) is 3.53. The molecule has 1 amide bonds. The van der Waals surface area contributed by atoms with Crippen LogP contribution in [0.3, 0.4) is 0 Å². The summed E-state index contributed by atoms with van der Waals surface area (Å²) >= 11 is 1.30. The van der Waals surface area contributed by atoms with E-state index in [4.69, 9.17) is 0 Å². The second-order valence-electron chi connectivity index (χ2n) is 6.86. The number of carbonyl (C=O) groups excluding carboxylic acids is 1. The van der Waals surface area contributed by atoms with Crippen molar-refractivity contribution in [2.24, 2.45) is 0 Å². The molecule has 148 valence electrons. The Labute approximate surface area is 175 Å². The summed E-state index contributed by atoms with van der Waals surface area (Å²) in [7, 11) is 0. The summed E-state index contributed by atoms with van der Waals surface area (Å²) in [5.74, 6) is 0.140. The van der Waals surface area contributed by atoms with Gasteiger partial charge in [-0.15, -0.1) is 0 Å². The molecule has 0 bridgehead atoms. The maximum absolute atomic E-state index is 12.3. The third-order valence-corrected chi connectivity index (χ3v) is 5.83. The highest BCUT2D eigenvalue weighted by Crippen LogP contribution is 2.26. The number of amides is 1. The molecule has 0 spiro atoms. The SMILES string of the molecule is Cc1nc(SCC(=O)NCc2ccc(Cn3ccnc3)cc2)c(C#N)c(C)c1C. The van der Waals surface area contributed by atoms with Crippen LogP contribution in [0, 0.1) is 32.1 Å². The number of imidazole rings is 1. The van der Waals surface area contributed by atoms with Gasteiger partial charge in [-0.25, -0.2) is 9.97 Å². The minimum atomic E-state index is -0.0842. The number of hydrogen-bond donors (Lipinski definition) is 1. The third-order valence-electron chi connectivity index (χ3n) is 4.85. The van der Waals surface area contributed by atoms with Crippen molar-refractivity contribution in [1.29, 1.82) is 5.26 Å². The van der Waals surface area contributed by atoms with Gasteiger partial charge >= 0.3 is 0 Å². The number of nitrogens with zero attached hydrogens (tertiary/aromatic N) is 4. The zero-order chi connectivity index (χ0) is 20.8. The smallest absolute Gasteiger partial charge is 0.230 e. The first-order chi connectivity index (χ1) is 14.0. The highest BCUT2D eigenvalue weighted by Gasteiger charge is 2.14. The molecule has 3 rings (SSSR count). The molecule has 2 heterocycles. The van der Waals surface area contributed by atoms with Crippen LogP contribution in [0.5, 0.6) is 0 Å². The van der Waals surface area contributed by atoms with Crippen LogP contribution in [-0.4, -0.2) is 26.2 Å². The molecule has 1 aromatic carbocycles. The lowest BCUT2D eigenvalue weighted by atomic mass is 10.1. The lowest BCUT2D eigenvalue weighted by Crippen LogP contribution is -2.24. The molecule has 7 heteroatoms. The summed E-state index contributed by atoms with van der Waals surface area (Å²) in [5.41, 5.74) is 5.61. The molecule has 0 saturated heterocycles. The Morgan fingerprint density at radius 3 is 2.55 bits per heavy atom. The van der Waals surface area contributed by atoms with E-state index in [1.54, 1.807) is 12.5 Å². The minimum absolute atomic E-state index is 0.0842. The fourth-order valence-electron chi connectivity index (χ4n) is 2.89. The van der Waals surface area contributed by atoms with Crippen LogP contribution in [0.15, 0.2) is 48.0 Å². The topological polar surface area (TPSA) is 83.6 Å². The van der Waals surface area contributed by atoms with Crippen LogP contribution in [0.2, 0.25) is 0 Å². The van der Waals surface area contributed by atoms with E-state index in [0.29, 0.717) is 17.1 Å². The molecule has 0 fully saturated rings. The lowest BCUT2D eigenvalue weighted by molar-refractivity contribution is -0.118. The highest BCUT2D eigenvalue weighted by molar-refractivity contribution is 8.00. The Hall–Kier alpha value is -3.11. The molecular weight excluding hydrogens is 382 g/mol. The molecule has 0 radical (unpaired) electrons. The summed E-state index contributed by atoms with van der Waals surface area (Å²) in [5, 5.41) is 13.0. The van der Waals surface area contributed by atoms with Crippen LogP contribution in [0.25, 0.3) is 0 Å². The van der Waals surface area contributed by atoms with Crippen molar-refractivity contribution in [3.8, 4) is 6.07 Å². The van der Waals surface area contributed by atoms with Crippen molar-refractivity contribution < 1.29 is 4.79 Å². The lowest BCUT2D eigenvalue weighted by Gasteiger charge is -2.11. The number of rotatable bonds is 7. The number of aryl methyl sites for hydroxylation is 1. The Bertz CT molecular complexity index is 1040. The second-order valence-corrected chi connectivity index (χ2v) is 7.82. The molecule has 6 nitrogen and oxygen atoms in total. The maximum Gasteiger partial charge on any atom is 0.230 e. The first-order valence-corrected chi connectivity index (χ1v) is 10.3. The van der Waals surface area contributed by atoms with E-state index in [2.05, 4.69) is 33.5 Å². The number of nitriles is 1. The normalized spacial score (nSPS) is 10.6. The number of benzene rings is 1. The molecular formula is C22H23N5OS. The molecule has 0 unspecified atom stereocenters. The fourth-order valence-corrected chi connectivity index (χ4v) is 3.80. The first-order valence-electron chi connectivity index (χ1n) is 9.29. The van der Waals surface area contributed by atoms with E-state index < -0.39 is 0 Å². The van der Waals surface area contributed by atoms with Gasteiger partial charge in [-0.1, -0.05) is 36.0 Å². The summed E-state index contributed by atoms with van der Waals surface area (Å²) in [6, 6.07) is 10.4. The van der Waals surface area contributed by atoms with Crippen LogP contribution in [-0.2, 0) is 17.9 Å². The number of thioether (sulfide) groups is 1. The van der Waals surface area contributed by atoms with Crippen molar-refractivity contribution in [2.45, 2.75) is 38.9 Å². The Kier molecular flexibility index (Phi) is 6.68. The molecule has 3 aromatic rings. The van der Waals surface area contributed by atoms with Gasteiger partial charge in [0.05, 0.1) is 17.6 Å². The van der Waals surface area contributed by atoms with E-state index in [-0.39, 0.29) is 11.7 Å². The molecule has 29 heavy (non-hydrogen) atoms. The van der Waals surface area contributed by atoms with Crippen molar-refractivity contribution in [3.05, 3.63) is 76.5 Å². The van der Waals surface area contributed by atoms with Gasteiger partial charge in [0.15, 0.2) is 0 Å². The van der Waals surface area contributed by atoms with Gasteiger partial charge in [0.2, 0.25) is 5.91 Å².